The third-order valence-corrected chi connectivity index (χ3v) is 5.39. The fourth-order valence-corrected chi connectivity index (χ4v) is 3.85. The van der Waals surface area contributed by atoms with Crippen LogP contribution in [0.5, 0.6) is 17.2 Å². The number of aromatic hydroxyl groups is 1. The summed E-state index contributed by atoms with van der Waals surface area (Å²) in [4.78, 5) is 15.2. The number of allylic oxidation sites excluding steroid dienone is 1. The van der Waals surface area contributed by atoms with E-state index >= 15 is 0 Å². The number of hydrogen-bond acceptors (Lipinski definition) is 5. The van der Waals surface area contributed by atoms with E-state index in [-0.39, 0.29) is 17.3 Å². The summed E-state index contributed by atoms with van der Waals surface area (Å²) < 4.78 is 11.2. The Balaban J connectivity index is 1.63. The minimum atomic E-state index is -0.157. The number of phenols is 1. The Hall–Kier alpha value is -2.79. The average Bonchev–Trinajstić information content (AvgIpc) is 2.88. The van der Waals surface area contributed by atoms with Crippen molar-refractivity contribution in [3.63, 3.8) is 0 Å². The van der Waals surface area contributed by atoms with Gasteiger partial charge in [0, 0.05) is 6.54 Å². The van der Waals surface area contributed by atoms with E-state index in [9.17, 15) is 9.90 Å². The van der Waals surface area contributed by atoms with Crippen molar-refractivity contribution in [1.82, 2.24) is 4.90 Å². The van der Waals surface area contributed by atoms with Gasteiger partial charge in [-0.2, -0.15) is 0 Å². The molecule has 0 atom stereocenters. The molecule has 146 valence electrons. The molecule has 0 aromatic heterocycles. The first-order valence-electron chi connectivity index (χ1n) is 9.81. The number of ketones is 1. The van der Waals surface area contributed by atoms with Gasteiger partial charge in [0.25, 0.3) is 0 Å². The zero-order valence-corrected chi connectivity index (χ0v) is 16.1. The quantitative estimate of drug-likeness (QED) is 0.798. The molecule has 2 heterocycles. The van der Waals surface area contributed by atoms with Crippen molar-refractivity contribution in [1.29, 1.82) is 0 Å². The van der Waals surface area contributed by atoms with Gasteiger partial charge >= 0.3 is 0 Å². The third-order valence-electron chi connectivity index (χ3n) is 5.39. The van der Waals surface area contributed by atoms with E-state index in [4.69, 9.17) is 9.47 Å². The number of rotatable bonds is 4. The van der Waals surface area contributed by atoms with Crippen molar-refractivity contribution in [2.75, 3.05) is 20.2 Å². The summed E-state index contributed by atoms with van der Waals surface area (Å²) >= 11 is 0. The molecule has 4 rings (SSSR count). The summed E-state index contributed by atoms with van der Waals surface area (Å²) in [5.74, 6) is 1.50. The molecule has 0 amide bonds. The number of ether oxygens (including phenoxy) is 2. The molecule has 2 aliphatic rings. The summed E-state index contributed by atoms with van der Waals surface area (Å²) in [6.07, 6.45) is 6.54. The molecular formula is C23H25NO4. The van der Waals surface area contributed by atoms with E-state index in [1.54, 1.807) is 25.3 Å². The van der Waals surface area contributed by atoms with Crippen molar-refractivity contribution in [2.45, 2.75) is 32.2 Å². The van der Waals surface area contributed by atoms with Crippen molar-refractivity contribution < 1.29 is 19.4 Å². The van der Waals surface area contributed by atoms with Crippen LogP contribution in [0.2, 0.25) is 0 Å². The molecule has 5 nitrogen and oxygen atoms in total. The molecule has 0 aliphatic carbocycles. The van der Waals surface area contributed by atoms with Gasteiger partial charge in [-0.05, 0) is 61.8 Å². The Morgan fingerprint density at radius 3 is 2.68 bits per heavy atom. The number of Topliss-reactive ketones (excluding diaryl/α,β-unsaturated/α-hetero) is 1. The molecule has 2 aromatic rings. The highest BCUT2D eigenvalue weighted by atomic mass is 16.5. The molecule has 2 aromatic carbocycles. The SMILES string of the molecule is COc1cccc(/C=C2\Oc3c(ccc(O)c3CN3CCCCCC3)C2=O)c1. The Morgan fingerprint density at radius 1 is 1.14 bits per heavy atom. The van der Waals surface area contributed by atoms with Crippen molar-refractivity contribution in [3.05, 3.63) is 58.8 Å². The van der Waals surface area contributed by atoms with Gasteiger partial charge in [0.1, 0.15) is 17.2 Å². The van der Waals surface area contributed by atoms with E-state index in [1.165, 1.54) is 12.8 Å². The van der Waals surface area contributed by atoms with E-state index in [1.807, 2.05) is 24.3 Å². The monoisotopic (exact) mass is 379 g/mol. The highest BCUT2D eigenvalue weighted by Gasteiger charge is 2.31. The van der Waals surface area contributed by atoms with Gasteiger partial charge in [-0.3, -0.25) is 9.69 Å². The predicted octanol–water partition coefficient (Wildman–Crippen LogP) is 4.39. The second-order valence-corrected chi connectivity index (χ2v) is 7.35. The molecule has 0 bridgehead atoms. The lowest BCUT2D eigenvalue weighted by atomic mass is 10.0. The lowest BCUT2D eigenvalue weighted by Crippen LogP contribution is -2.24. The molecule has 1 N–H and O–H groups in total. The van der Waals surface area contributed by atoms with E-state index in [0.717, 1.165) is 37.2 Å². The first-order chi connectivity index (χ1) is 13.7. The summed E-state index contributed by atoms with van der Waals surface area (Å²) in [5.41, 5.74) is 2.03. The molecule has 0 spiro atoms. The van der Waals surface area contributed by atoms with Crippen molar-refractivity contribution >= 4 is 11.9 Å². The Morgan fingerprint density at radius 2 is 1.93 bits per heavy atom. The first kappa shape index (κ1) is 18.6. The van der Waals surface area contributed by atoms with Crippen LogP contribution in [0.1, 0.15) is 47.2 Å². The zero-order chi connectivity index (χ0) is 19.5. The van der Waals surface area contributed by atoms with Gasteiger partial charge in [0.05, 0.1) is 18.2 Å². The van der Waals surface area contributed by atoms with Gasteiger partial charge in [0.15, 0.2) is 5.76 Å². The molecule has 28 heavy (non-hydrogen) atoms. The van der Waals surface area contributed by atoms with Crippen LogP contribution in [0.25, 0.3) is 6.08 Å². The van der Waals surface area contributed by atoms with E-state index in [2.05, 4.69) is 4.90 Å². The average molecular weight is 379 g/mol. The fourth-order valence-electron chi connectivity index (χ4n) is 3.85. The lowest BCUT2D eigenvalue weighted by Gasteiger charge is -2.21. The lowest BCUT2D eigenvalue weighted by molar-refractivity contribution is 0.101. The van der Waals surface area contributed by atoms with Gasteiger partial charge in [-0.1, -0.05) is 25.0 Å². The molecular weight excluding hydrogens is 354 g/mol. The van der Waals surface area contributed by atoms with Crippen LogP contribution in [-0.2, 0) is 6.54 Å². The van der Waals surface area contributed by atoms with E-state index < -0.39 is 0 Å². The number of likely N-dealkylation sites (tertiary alicyclic amines) is 1. The van der Waals surface area contributed by atoms with Crippen molar-refractivity contribution in [3.8, 4) is 17.2 Å². The van der Waals surface area contributed by atoms with Gasteiger partial charge in [0.2, 0.25) is 5.78 Å². The predicted molar refractivity (Wildman–Crippen MR) is 108 cm³/mol. The van der Waals surface area contributed by atoms with Crippen LogP contribution in [-0.4, -0.2) is 36.0 Å². The van der Waals surface area contributed by atoms with Crippen LogP contribution in [0.15, 0.2) is 42.2 Å². The number of carbonyl (C=O) groups is 1. The first-order valence-corrected chi connectivity index (χ1v) is 9.81. The summed E-state index contributed by atoms with van der Waals surface area (Å²) in [6.45, 7) is 2.60. The van der Waals surface area contributed by atoms with Crippen LogP contribution >= 0.6 is 0 Å². The Kier molecular flexibility index (Phi) is 5.35. The standard InChI is InChI=1S/C23H25NO4/c1-27-17-8-6-7-16(13-17)14-21-22(26)18-9-10-20(25)19(23(18)28-21)15-24-11-4-2-3-5-12-24/h6-10,13-14,25H,2-5,11-12,15H2,1H3/b21-14-. The second kappa shape index (κ2) is 8.07. The maximum absolute atomic E-state index is 12.8. The molecule has 1 saturated heterocycles. The minimum absolute atomic E-state index is 0.157. The Labute approximate surface area is 165 Å². The summed E-state index contributed by atoms with van der Waals surface area (Å²) in [6, 6.07) is 10.7. The molecule has 2 aliphatic heterocycles. The highest BCUT2D eigenvalue weighted by molar-refractivity contribution is 6.15. The Bertz CT molecular complexity index is 911. The van der Waals surface area contributed by atoms with Crippen LogP contribution in [0.4, 0.5) is 0 Å². The molecule has 0 radical (unpaired) electrons. The van der Waals surface area contributed by atoms with Crippen LogP contribution in [0, 0.1) is 0 Å². The van der Waals surface area contributed by atoms with Crippen LogP contribution in [0.3, 0.4) is 0 Å². The maximum atomic E-state index is 12.8. The third kappa shape index (κ3) is 3.76. The maximum Gasteiger partial charge on any atom is 0.231 e. The van der Waals surface area contributed by atoms with Crippen molar-refractivity contribution in [2.24, 2.45) is 0 Å². The zero-order valence-electron chi connectivity index (χ0n) is 16.1. The fraction of sp³-hybridized carbons (Fsp3) is 0.348. The van der Waals surface area contributed by atoms with Gasteiger partial charge in [-0.15, -0.1) is 0 Å². The second-order valence-electron chi connectivity index (χ2n) is 7.35. The van der Waals surface area contributed by atoms with Crippen LogP contribution < -0.4 is 9.47 Å². The smallest absolute Gasteiger partial charge is 0.231 e. The topological polar surface area (TPSA) is 59.0 Å². The summed E-state index contributed by atoms with van der Waals surface area (Å²) in [7, 11) is 1.61. The normalized spacial score (nSPS) is 18.6. The van der Waals surface area contributed by atoms with Gasteiger partial charge < -0.3 is 14.6 Å². The number of hydrogen-bond donors (Lipinski definition) is 1. The summed E-state index contributed by atoms with van der Waals surface area (Å²) in [5, 5.41) is 10.5. The number of phenolic OH excluding ortho intramolecular Hbond substituents is 1. The number of carbonyl (C=O) groups excluding carboxylic acids is 1. The molecule has 0 unspecified atom stereocenters. The highest BCUT2D eigenvalue weighted by Crippen LogP contribution is 2.40. The minimum Gasteiger partial charge on any atom is -0.507 e. The number of methoxy groups -OCH3 is 1. The number of nitrogens with zero attached hydrogens (tertiary/aromatic N) is 1. The molecule has 0 saturated carbocycles. The largest absolute Gasteiger partial charge is 0.507 e. The number of benzene rings is 2. The van der Waals surface area contributed by atoms with Gasteiger partial charge in [-0.25, -0.2) is 0 Å². The molecule has 1 fully saturated rings. The molecule has 5 heteroatoms. The van der Waals surface area contributed by atoms with E-state index in [0.29, 0.717) is 23.4 Å². The number of fused-ring (bicyclic) bond motifs is 1.